The largest absolute Gasteiger partial charge is 0.394 e. The van der Waals surface area contributed by atoms with Crippen LogP contribution in [0.4, 0.5) is 0 Å². The van der Waals surface area contributed by atoms with Crippen molar-refractivity contribution in [2.24, 2.45) is 0 Å². The first-order chi connectivity index (χ1) is 11.8. The van der Waals surface area contributed by atoms with Crippen molar-refractivity contribution < 1.29 is 5.11 Å². The molecule has 1 unspecified atom stereocenters. The summed E-state index contributed by atoms with van der Waals surface area (Å²) in [6.07, 6.45) is 5.66. The van der Waals surface area contributed by atoms with E-state index in [-0.39, 0.29) is 12.1 Å². The summed E-state index contributed by atoms with van der Waals surface area (Å²) < 4.78 is 1.86. The standard InChI is InChI=1S/C20H21N3O/c24-15-20(10-9-17-6-1-2-8-19(17)20)21-14-16-5-3-7-18(13-16)23-12-4-11-22-23/h1-8,11-13,21,24H,9-10,14-15H2. The second-order valence-corrected chi connectivity index (χ2v) is 6.37. The Labute approximate surface area is 141 Å². The summed E-state index contributed by atoms with van der Waals surface area (Å²) in [5.41, 5.74) is 4.46. The molecule has 1 aromatic heterocycles. The highest BCUT2D eigenvalue weighted by molar-refractivity contribution is 5.40. The first-order valence-electron chi connectivity index (χ1n) is 8.34. The number of nitrogens with one attached hydrogen (secondary N) is 1. The third-order valence-electron chi connectivity index (χ3n) is 4.93. The van der Waals surface area contributed by atoms with Gasteiger partial charge >= 0.3 is 0 Å². The van der Waals surface area contributed by atoms with Crippen molar-refractivity contribution in [2.75, 3.05) is 6.61 Å². The van der Waals surface area contributed by atoms with Crippen LogP contribution in [0.2, 0.25) is 0 Å². The lowest BCUT2D eigenvalue weighted by molar-refractivity contribution is 0.159. The predicted octanol–water partition coefficient (Wildman–Crippen LogP) is 2.80. The predicted molar refractivity (Wildman–Crippen MR) is 93.9 cm³/mol. The average molecular weight is 319 g/mol. The van der Waals surface area contributed by atoms with Gasteiger partial charge in [-0.3, -0.25) is 0 Å². The topological polar surface area (TPSA) is 50.1 Å². The molecule has 1 atom stereocenters. The minimum absolute atomic E-state index is 0.114. The summed E-state index contributed by atoms with van der Waals surface area (Å²) in [4.78, 5) is 0. The van der Waals surface area contributed by atoms with Crippen molar-refractivity contribution in [1.29, 1.82) is 0 Å². The number of aliphatic hydroxyl groups excluding tert-OH is 1. The van der Waals surface area contributed by atoms with Crippen molar-refractivity contribution in [1.82, 2.24) is 15.1 Å². The van der Waals surface area contributed by atoms with Crippen molar-refractivity contribution in [3.8, 4) is 5.69 Å². The minimum atomic E-state index is -0.335. The summed E-state index contributed by atoms with van der Waals surface area (Å²) in [6.45, 7) is 0.826. The Morgan fingerprint density at radius 1 is 1.12 bits per heavy atom. The van der Waals surface area contributed by atoms with E-state index < -0.39 is 0 Å². The Morgan fingerprint density at radius 3 is 2.88 bits per heavy atom. The zero-order chi connectivity index (χ0) is 16.4. The average Bonchev–Trinajstić information content (AvgIpc) is 3.29. The number of aryl methyl sites for hydroxylation is 1. The molecule has 0 spiro atoms. The molecule has 0 amide bonds. The molecule has 1 aliphatic rings. The second-order valence-electron chi connectivity index (χ2n) is 6.37. The smallest absolute Gasteiger partial charge is 0.0677 e. The van der Waals surface area contributed by atoms with Crippen LogP contribution >= 0.6 is 0 Å². The van der Waals surface area contributed by atoms with Crippen LogP contribution < -0.4 is 5.32 Å². The number of fused-ring (bicyclic) bond motifs is 1. The Bertz CT molecular complexity index is 828. The van der Waals surface area contributed by atoms with Gasteiger partial charge < -0.3 is 10.4 Å². The van der Waals surface area contributed by atoms with E-state index in [1.54, 1.807) is 6.20 Å². The number of benzene rings is 2. The molecule has 4 rings (SSSR count). The fourth-order valence-corrected chi connectivity index (χ4v) is 3.59. The molecular weight excluding hydrogens is 298 g/mol. The van der Waals surface area contributed by atoms with Crippen molar-refractivity contribution >= 4 is 0 Å². The van der Waals surface area contributed by atoms with Crippen molar-refractivity contribution in [3.63, 3.8) is 0 Å². The van der Waals surface area contributed by atoms with E-state index in [9.17, 15) is 5.11 Å². The highest BCUT2D eigenvalue weighted by atomic mass is 16.3. The molecule has 122 valence electrons. The third kappa shape index (κ3) is 2.64. The van der Waals surface area contributed by atoms with Crippen LogP contribution in [0.25, 0.3) is 5.69 Å². The van der Waals surface area contributed by atoms with E-state index >= 15 is 0 Å². The number of rotatable bonds is 5. The monoisotopic (exact) mass is 319 g/mol. The molecule has 4 heteroatoms. The Balaban J connectivity index is 1.56. The first kappa shape index (κ1) is 15.1. The quantitative estimate of drug-likeness (QED) is 0.760. The van der Waals surface area contributed by atoms with Gasteiger partial charge in [-0.25, -0.2) is 4.68 Å². The van der Waals surface area contributed by atoms with Gasteiger partial charge in [0.1, 0.15) is 0 Å². The molecule has 0 bridgehead atoms. The Morgan fingerprint density at radius 2 is 2.04 bits per heavy atom. The maximum absolute atomic E-state index is 10.1. The van der Waals surface area contributed by atoms with E-state index in [0.29, 0.717) is 6.54 Å². The molecular formula is C20H21N3O. The molecule has 0 saturated heterocycles. The van der Waals surface area contributed by atoms with Gasteiger partial charge in [0, 0.05) is 18.9 Å². The van der Waals surface area contributed by atoms with E-state index in [0.717, 1.165) is 18.5 Å². The van der Waals surface area contributed by atoms with Gasteiger partial charge in [0.25, 0.3) is 0 Å². The molecule has 1 aliphatic carbocycles. The summed E-state index contributed by atoms with van der Waals surface area (Å²) in [6, 6.07) is 18.7. The molecule has 2 aromatic carbocycles. The van der Waals surface area contributed by atoms with Crippen LogP contribution in [0, 0.1) is 0 Å². The van der Waals surface area contributed by atoms with Gasteiger partial charge in [0.15, 0.2) is 0 Å². The fraction of sp³-hybridized carbons (Fsp3) is 0.250. The normalized spacial score (nSPS) is 19.4. The number of hydrogen-bond donors (Lipinski definition) is 2. The lowest BCUT2D eigenvalue weighted by Gasteiger charge is -2.30. The lowest BCUT2D eigenvalue weighted by Crippen LogP contribution is -2.43. The summed E-state index contributed by atoms with van der Waals surface area (Å²) in [5, 5.41) is 18.0. The summed E-state index contributed by atoms with van der Waals surface area (Å²) in [7, 11) is 0. The zero-order valence-electron chi connectivity index (χ0n) is 13.5. The number of hydrogen-bond acceptors (Lipinski definition) is 3. The molecule has 3 aromatic rings. The highest BCUT2D eigenvalue weighted by Crippen LogP contribution is 2.36. The van der Waals surface area contributed by atoms with Crippen LogP contribution in [0.15, 0.2) is 67.0 Å². The van der Waals surface area contributed by atoms with Crippen LogP contribution in [0.1, 0.15) is 23.1 Å². The van der Waals surface area contributed by atoms with Crippen molar-refractivity contribution in [2.45, 2.75) is 24.9 Å². The number of aliphatic hydroxyl groups is 1. The molecule has 0 fully saturated rings. The highest BCUT2D eigenvalue weighted by Gasteiger charge is 2.37. The molecule has 0 aliphatic heterocycles. The van der Waals surface area contributed by atoms with Gasteiger partial charge in [-0.15, -0.1) is 0 Å². The molecule has 1 heterocycles. The SMILES string of the molecule is OCC1(NCc2cccc(-n3cccn3)c2)CCc2ccccc21. The molecule has 4 nitrogen and oxygen atoms in total. The Hall–Kier alpha value is -2.43. The Kier molecular flexibility index (Phi) is 3.92. The maximum Gasteiger partial charge on any atom is 0.0677 e. The molecule has 2 N–H and O–H groups in total. The maximum atomic E-state index is 10.1. The van der Waals surface area contributed by atoms with Gasteiger partial charge in [-0.2, -0.15) is 5.10 Å². The number of nitrogens with zero attached hydrogens (tertiary/aromatic N) is 2. The van der Waals surface area contributed by atoms with Crippen LogP contribution in [0.5, 0.6) is 0 Å². The molecule has 0 radical (unpaired) electrons. The van der Waals surface area contributed by atoms with Gasteiger partial charge in [0.05, 0.1) is 17.8 Å². The lowest BCUT2D eigenvalue weighted by atomic mass is 9.92. The minimum Gasteiger partial charge on any atom is -0.394 e. The van der Waals surface area contributed by atoms with Crippen molar-refractivity contribution in [3.05, 3.63) is 83.7 Å². The van der Waals surface area contributed by atoms with E-state index in [1.165, 1.54) is 16.7 Å². The van der Waals surface area contributed by atoms with Gasteiger partial charge in [-0.1, -0.05) is 36.4 Å². The summed E-state index contributed by atoms with van der Waals surface area (Å²) in [5.74, 6) is 0. The van der Waals surface area contributed by atoms with Crippen LogP contribution in [-0.4, -0.2) is 21.5 Å². The second kappa shape index (κ2) is 6.23. The van der Waals surface area contributed by atoms with Gasteiger partial charge in [-0.05, 0) is 47.7 Å². The van der Waals surface area contributed by atoms with E-state index in [2.05, 4.69) is 46.8 Å². The third-order valence-corrected chi connectivity index (χ3v) is 4.93. The van der Waals surface area contributed by atoms with E-state index in [1.807, 2.05) is 29.1 Å². The first-order valence-corrected chi connectivity index (χ1v) is 8.34. The molecule has 0 saturated carbocycles. The van der Waals surface area contributed by atoms with Crippen LogP contribution in [-0.2, 0) is 18.5 Å². The summed E-state index contributed by atoms with van der Waals surface area (Å²) >= 11 is 0. The fourth-order valence-electron chi connectivity index (χ4n) is 3.59. The molecule has 24 heavy (non-hydrogen) atoms. The zero-order valence-corrected chi connectivity index (χ0v) is 13.5. The van der Waals surface area contributed by atoms with E-state index in [4.69, 9.17) is 0 Å². The van der Waals surface area contributed by atoms with Gasteiger partial charge in [0.2, 0.25) is 0 Å². The van der Waals surface area contributed by atoms with Crippen LogP contribution in [0.3, 0.4) is 0 Å². The number of aromatic nitrogens is 2.